The van der Waals surface area contributed by atoms with Gasteiger partial charge >= 0.3 is 0 Å². The lowest BCUT2D eigenvalue weighted by molar-refractivity contribution is -0.384. The average molecular weight is 314 g/mol. The van der Waals surface area contributed by atoms with E-state index in [-0.39, 0.29) is 11.4 Å². The number of nitrogens with zero attached hydrogens (tertiary/aromatic N) is 2. The maximum atomic E-state index is 12.7. The third-order valence-electron chi connectivity index (χ3n) is 4.94. The molecule has 2 bridgehead atoms. The van der Waals surface area contributed by atoms with Crippen LogP contribution in [0.1, 0.15) is 11.1 Å². The summed E-state index contributed by atoms with van der Waals surface area (Å²) in [6.07, 6.45) is 2.76. The Balaban J connectivity index is 1.84. The fraction of sp³-hybridized carbons (Fsp3) is 0.375. The number of carbonyl (C=O) groups excluding carboxylic acids is 2. The highest BCUT2D eigenvalue weighted by molar-refractivity contribution is 6.24. The van der Waals surface area contributed by atoms with Crippen LogP contribution >= 0.6 is 0 Å². The van der Waals surface area contributed by atoms with Crippen molar-refractivity contribution in [3.8, 4) is 0 Å². The van der Waals surface area contributed by atoms with E-state index < -0.39 is 40.8 Å². The minimum atomic E-state index is -0.571. The number of nitro groups is 1. The molecule has 23 heavy (non-hydrogen) atoms. The molecule has 2 fully saturated rings. The molecule has 0 unspecified atom stereocenters. The molecule has 0 saturated carbocycles. The molecule has 0 radical (unpaired) electrons. The minimum Gasteiger partial charge on any atom is -0.365 e. The van der Waals surface area contributed by atoms with Gasteiger partial charge < -0.3 is 4.74 Å². The molecule has 0 aromatic heterocycles. The van der Waals surface area contributed by atoms with E-state index in [9.17, 15) is 19.7 Å². The molecule has 1 aromatic carbocycles. The topological polar surface area (TPSA) is 89.8 Å². The van der Waals surface area contributed by atoms with Gasteiger partial charge in [0, 0.05) is 6.07 Å². The van der Waals surface area contributed by atoms with Crippen molar-refractivity contribution in [1.82, 2.24) is 0 Å². The molecule has 7 heteroatoms. The molecule has 3 heterocycles. The predicted octanol–water partition coefficient (Wildman–Crippen LogP) is 1.65. The molecular weight excluding hydrogens is 300 g/mol. The van der Waals surface area contributed by atoms with Gasteiger partial charge in [-0.15, -0.1) is 0 Å². The molecule has 7 nitrogen and oxygen atoms in total. The SMILES string of the molecule is Cc1cc(N2C(=O)[C@@H]3[C@@H](C2=O)[C@H]2C=C[C@H]3O2)c([N+](=O)[O-])cc1C. The zero-order valence-corrected chi connectivity index (χ0v) is 12.6. The highest BCUT2D eigenvalue weighted by Crippen LogP contribution is 2.47. The molecule has 3 aliphatic heterocycles. The third kappa shape index (κ3) is 1.74. The monoisotopic (exact) mass is 314 g/mol. The Morgan fingerprint density at radius 2 is 1.57 bits per heavy atom. The summed E-state index contributed by atoms with van der Waals surface area (Å²) in [6, 6.07) is 2.95. The maximum Gasteiger partial charge on any atom is 0.293 e. The molecular formula is C16H14N2O5. The summed E-state index contributed by atoms with van der Waals surface area (Å²) in [4.78, 5) is 37.2. The number of imide groups is 1. The van der Waals surface area contributed by atoms with Gasteiger partial charge in [0.2, 0.25) is 11.8 Å². The van der Waals surface area contributed by atoms with E-state index in [1.165, 1.54) is 6.07 Å². The van der Waals surface area contributed by atoms with Crippen LogP contribution in [-0.2, 0) is 14.3 Å². The largest absolute Gasteiger partial charge is 0.365 e. The third-order valence-corrected chi connectivity index (χ3v) is 4.94. The first-order valence-corrected chi connectivity index (χ1v) is 7.37. The van der Waals surface area contributed by atoms with Crippen LogP contribution in [0.3, 0.4) is 0 Å². The first kappa shape index (κ1) is 14.1. The summed E-state index contributed by atoms with van der Waals surface area (Å²) >= 11 is 0. The number of rotatable bonds is 2. The number of ether oxygens (including phenoxy) is 1. The average Bonchev–Trinajstić information content (AvgIpc) is 3.16. The lowest BCUT2D eigenvalue weighted by atomic mass is 9.85. The van der Waals surface area contributed by atoms with E-state index in [2.05, 4.69) is 0 Å². The predicted molar refractivity (Wildman–Crippen MR) is 79.8 cm³/mol. The Morgan fingerprint density at radius 1 is 1.04 bits per heavy atom. The first-order chi connectivity index (χ1) is 10.9. The second kappa shape index (κ2) is 4.48. The highest BCUT2D eigenvalue weighted by Gasteiger charge is 2.61. The Bertz CT molecular complexity index is 770. The van der Waals surface area contributed by atoms with Crippen LogP contribution in [0.4, 0.5) is 11.4 Å². The van der Waals surface area contributed by atoms with Crippen molar-refractivity contribution in [2.75, 3.05) is 4.90 Å². The number of amides is 2. The van der Waals surface area contributed by atoms with E-state index >= 15 is 0 Å². The van der Waals surface area contributed by atoms with Crippen molar-refractivity contribution in [3.63, 3.8) is 0 Å². The van der Waals surface area contributed by atoms with Crippen molar-refractivity contribution in [2.45, 2.75) is 26.1 Å². The molecule has 0 spiro atoms. The fourth-order valence-electron chi connectivity index (χ4n) is 3.65. The quantitative estimate of drug-likeness (QED) is 0.358. The van der Waals surface area contributed by atoms with E-state index in [1.54, 1.807) is 32.1 Å². The summed E-state index contributed by atoms with van der Waals surface area (Å²) < 4.78 is 5.57. The van der Waals surface area contributed by atoms with Crippen molar-refractivity contribution < 1.29 is 19.2 Å². The lowest BCUT2D eigenvalue weighted by Gasteiger charge is -2.18. The number of benzene rings is 1. The smallest absolute Gasteiger partial charge is 0.293 e. The van der Waals surface area contributed by atoms with Crippen LogP contribution in [0, 0.1) is 35.8 Å². The molecule has 0 aliphatic carbocycles. The molecule has 118 valence electrons. The van der Waals surface area contributed by atoms with Gasteiger partial charge in [-0.2, -0.15) is 0 Å². The van der Waals surface area contributed by atoms with Gasteiger partial charge in [-0.3, -0.25) is 19.7 Å². The van der Waals surface area contributed by atoms with Crippen LogP contribution in [0.2, 0.25) is 0 Å². The van der Waals surface area contributed by atoms with Crippen LogP contribution in [0.5, 0.6) is 0 Å². The van der Waals surface area contributed by atoms with Crippen molar-refractivity contribution in [1.29, 1.82) is 0 Å². The molecule has 1 aromatic rings. The van der Waals surface area contributed by atoms with Gasteiger partial charge in [0.25, 0.3) is 5.69 Å². The van der Waals surface area contributed by atoms with E-state index in [4.69, 9.17) is 4.74 Å². The number of anilines is 1. The Hall–Kier alpha value is -2.54. The lowest BCUT2D eigenvalue weighted by Crippen LogP contribution is -2.35. The molecule has 2 amide bonds. The summed E-state index contributed by atoms with van der Waals surface area (Å²) in [5, 5.41) is 11.4. The second-order valence-corrected chi connectivity index (χ2v) is 6.20. The first-order valence-electron chi connectivity index (χ1n) is 7.37. The summed E-state index contributed by atoms with van der Waals surface area (Å²) in [5.74, 6) is -1.97. The fourth-order valence-corrected chi connectivity index (χ4v) is 3.65. The number of fused-ring (bicyclic) bond motifs is 5. The van der Waals surface area contributed by atoms with Crippen molar-refractivity contribution >= 4 is 23.2 Å². The van der Waals surface area contributed by atoms with Crippen molar-refractivity contribution in [2.24, 2.45) is 11.8 Å². The van der Waals surface area contributed by atoms with Crippen LogP contribution < -0.4 is 4.90 Å². The van der Waals surface area contributed by atoms with Gasteiger partial charge in [-0.25, -0.2) is 4.90 Å². The Morgan fingerprint density at radius 3 is 2.09 bits per heavy atom. The molecule has 3 aliphatic rings. The number of nitro benzene ring substituents is 1. The molecule has 4 rings (SSSR count). The summed E-state index contributed by atoms with van der Waals surface area (Å²) in [6.45, 7) is 3.55. The normalized spacial score (nSPS) is 31.1. The summed E-state index contributed by atoms with van der Waals surface area (Å²) in [5.41, 5.74) is 1.36. The van der Waals surface area contributed by atoms with E-state index in [0.717, 1.165) is 16.0 Å². The zero-order chi connectivity index (χ0) is 16.5. The number of carbonyl (C=O) groups is 2. The molecule has 4 atom stereocenters. The zero-order valence-electron chi connectivity index (χ0n) is 12.6. The van der Waals surface area contributed by atoms with Gasteiger partial charge in [0.1, 0.15) is 5.69 Å². The van der Waals surface area contributed by atoms with Crippen molar-refractivity contribution in [3.05, 3.63) is 45.5 Å². The minimum absolute atomic E-state index is 0.0573. The van der Waals surface area contributed by atoms with Gasteiger partial charge in [0.15, 0.2) is 0 Å². The Labute approximate surface area is 131 Å². The van der Waals surface area contributed by atoms with E-state index in [1.807, 2.05) is 0 Å². The number of hydrogen-bond acceptors (Lipinski definition) is 5. The second-order valence-electron chi connectivity index (χ2n) is 6.20. The number of hydrogen-bond donors (Lipinski definition) is 0. The molecule has 0 N–H and O–H groups in total. The van der Waals surface area contributed by atoms with Gasteiger partial charge in [-0.1, -0.05) is 12.2 Å². The summed E-state index contributed by atoms with van der Waals surface area (Å²) in [7, 11) is 0. The highest BCUT2D eigenvalue weighted by atomic mass is 16.6. The maximum absolute atomic E-state index is 12.7. The molecule has 2 saturated heterocycles. The van der Waals surface area contributed by atoms with Crippen LogP contribution in [0.15, 0.2) is 24.3 Å². The van der Waals surface area contributed by atoms with E-state index in [0.29, 0.717) is 0 Å². The number of aryl methyl sites for hydroxylation is 2. The van der Waals surface area contributed by atoms with Crippen LogP contribution in [-0.4, -0.2) is 28.9 Å². The Kier molecular flexibility index (Phi) is 2.74. The van der Waals surface area contributed by atoms with Crippen LogP contribution in [0.25, 0.3) is 0 Å². The van der Waals surface area contributed by atoms with Gasteiger partial charge in [0.05, 0.1) is 29.0 Å². The standard InChI is InChI=1S/C16H14N2O5/c1-7-5-9(10(18(21)22)6-8(7)2)17-15(19)13-11-3-4-12(23-11)14(13)16(17)20/h3-6,11-14H,1-2H3/t11-,12-,13+,14+/m1/s1. The van der Waals surface area contributed by atoms with Gasteiger partial charge in [-0.05, 0) is 31.0 Å².